The van der Waals surface area contributed by atoms with E-state index < -0.39 is 0 Å². The summed E-state index contributed by atoms with van der Waals surface area (Å²) in [6.45, 7) is 1.45. The van der Waals surface area contributed by atoms with Gasteiger partial charge in [0.2, 0.25) is 11.8 Å². The standard InChI is InChI=1S/C18H23N3O2/c1-14(22)21(17-10-8-15(12-19)9-11-17)13-18(23)20-16-6-4-2-3-5-7-16/h8-11,16H,2-7,13H2,1H3,(H,20,23). The van der Waals surface area contributed by atoms with Crippen molar-refractivity contribution in [1.29, 1.82) is 5.26 Å². The minimum atomic E-state index is -0.189. The van der Waals surface area contributed by atoms with Crippen LogP contribution in [0.2, 0.25) is 0 Å². The Morgan fingerprint density at radius 1 is 1.17 bits per heavy atom. The lowest BCUT2D eigenvalue weighted by Gasteiger charge is -2.23. The molecule has 0 radical (unpaired) electrons. The summed E-state index contributed by atoms with van der Waals surface area (Å²) in [4.78, 5) is 25.6. The number of amides is 2. The summed E-state index contributed by atoms with van der Waals surface area (Å²) >= 11 is 0. The molecule has 23 heavy (non-hydrogen) atoms. The number of rotatable bonds is 4. The topological polar surface area (TPSA) is 73.2 Å². The van der Waals surface area contributed by atoms with Gasteiger partial charge in [-0.15, -0.1) is 0 Å². The highest BCUT2D eigenvalue weighted by molar-refractivity contribution is 5.97. The molecular weight excluding hydrogens is 290 g/mol. The number of nitriles is 1. The molecule has 0 heterocycles. The van der Waals surface area contributed by atoms with Crippen LogP contribution in [-0.4, -0.2) is 24.4 Å². The van der Waals surface area contributed by atoms with Crippen molar-refractivity contribution in [1.82, 2.24) is 5.32 Å². The van der Waals surface area contributed by atoms with Crippen molar-refractivity contribution in [3.05, 3.63) is 29.8 Å². The lowest BCUT2D eigenvalue weighted by atomic mass is 10.1. The molecule has 1 fully saturated rings. The summed E-state index contributed by atoms with van der Waals surface area (Å²) in [5, 5.41) is 11.9. The molecule has 2 amide bonds. The molecule has 0 bridgehead atoms. The van der Waals surface area contributed by atoms with Gasteiger partial charge >= 0.3 is 0 Å². The molecule has 0 spiro atoms. The van der Waals surface area contributed by atoms with Crippen LogP contribution in [0.3, 0.4) is 0 Å². The first-order valence-corrected chi connectivity index (χ1v) is 8.18. The van der Waals surface area contributed by atoms with E-state index >= 15 is 0 Å². The number of hydrogen-bond donors (Lipinski definition) is 1. The maximum absolute atomic E-state index is 12.3. The van der Waals surface area contributed by atoms with E-state index in [2.05, 4.69) is 5.32 Å². The minimum Gasteiger partial charge on any atom is -0.352 e. The van der Waals surface area contributed by atoms with Crippen LogP contribution in [0.25, 0.3) is 0 Å². The van der Waals surface area contributed by atoms with Crippen molar-refractivity contribution in [3.63, 3.8) is 0 Å². The fraction of sp³-hybridized carbons (Fsp3) is 0.500. The lowest BCUT2D eigenvalue weighted by molar-refractivity contribution is -0.123. The Hall–Kier alpha value is -2.35. The first-order valence-electron chi connectivity index (χ1n) is 8.18. The SMILES string of the molecule is CC(=O)N(CC(=O)NC1CCCCCC1)c1ccc(C#N)cc1. The summed E-state index contributed by atoms with van der Waals surface area (Å²) in [5.74, 6) is -0.317. The molecule has 0 atom stereocenters. The molecule has 0 aromatic heterocycles. The van der Waals surface area contributed by atoms with Gasteiger partial charge in [0.1, 0.15) is 6.54 Å². The maximum atomic E-state index is 12.3. The molecule has 122 valence electrons. The van der Waals surface area contributed by atoms with Crippen LogP contribution in [0.1, 0.15) is 51.0 Å². The third-order valence-corrected chi connectivity index (χ3v) is 4.21. The maximum Gasteiger partial charge on any atom is 0.240 e. The van der Waals surface area contributed by atoms with Gasteiger partial charge in [0, 0.05) is 18.7 Å². The predicted octanol–water partition coefficient (Wildman–Crippen LogP) is 2.75. The van der Waals surface area contributed by atoms with E-state index in [0.717, 1.165) is 25.7 Å². The van der Waals surface area contributed by atoms with E-state index in [-0.39, 0.29) is 24.4 Å². The highest BCUT2D eigenvalue weighted by atomic mass is 16.2. The molecular formula is C18H23N3O2. The predicted molar refractivity (Wildman–Crippen MR) is 88.8 cm³/mol. The number of hydrogen-bond acceptors (Lipinski definition) is 3. The van der Waals surface area contributed by atoms with E-state index in [9.17, 15) is 9.59 Å². The van der Waals surface area contributed by atoms with Gasteiger partial charge in [0.05, 0.1) is 11.6 Å². The van der Waals surface area contributed by atoms with Gasteiger partial charge in [-0.25, -0.2) is 0 Å². The van der Waals surface area contributed by atoms with Crippen molar-refractivity contribution in [2.75, 3.05) is 11.4 Å². The van der Waals surface area contributed by atoms with Crippen LogP contribution < -0.4 is 10.2 Å². The molecule has 1 saturated carbocycles. The highest BCUT2D eigenvalue weighted by Gasteiger charge is 2.19. The van der Waals surface area contributed by atoms with Crippen LogP contribution in [0.15, 0.2) is 24.3 Å². The van der Waals surface area contributed by atoms with Crippen molar-refractivity contribution >= 4 is 17.5 Å². The molecule has 2 rings (SSSR count). The molecule has 1 aliphatic rings. The zero-order valence-electron chi connectivity index (χ0n) is 13.5. The van der Waals surface area contributed by atoms with Gasteiger partial charge in [0.25, 0.3) is 0 Å². The van der Waals surface area contributed by atoms with Crippen molar-refractivity contribution in [2.24, 2.45) is 0 Å². The molecule has 1 N–H and O–H groups in total. The first-order chi connectivity index (χ1) is 11.1. The average molecular weight is 313 g/mol. The second kappa shape index (κ2) is 8.33. The van der Waals surface area contributed by atoms with Gasteiger partial charge in [0.15, 0.2) is 0 Å². The van der Waals surface area contributed by atoms with Crippen molar-refractivity contribution in [3.8, 4) is 6.07 Å². The number of anilines is 1. The van der Waals surface area contributed by atoms with Crippen molar-refractivity contribution < 1.29 is 9.59 Å². The Morgan fingerprint density at radius 2 is 1.78 bits per heavy atom. The summed E-state index contributed by atoms with van der Waals surface area (Å²) in [6.07, 6.45) is 6.80. The second-order valence-corrected chi connectivity index (χ2v) is 6.02. The largest absolute Gasteiger partial charge is 0.352 e. The van der Waals surface area contributed by atoms with E-state index in [1.165, 1.54) is 24.7 Å². The quantitative estimate of drug-likeness (QED) is 0.869. The van der Waals surface area contributed by atoms with Gasteiger partial charge in [-0.2, -0.15) is 5.26 Å². The number of benzene rings is 1. The van der Waals surface area contributed by atoms with Crippen LogP contribution in [0, 0.1) is 11.3 Å². The first kappa shape index (κ1) is 17.0. The third-order valence-electron chi connectivity index (χ3n) is 4.21. The number of carbonyl (C=O) groups excluding carboxylic acids is 2. The molecule has 1 aromatic rings. The number of carbonyl (C=O) groups is 2. The molecule has 1 aliphatic carbocycles. The zero-order chi connectivity index (χ0) is 16.7. The van der Waals surface area contributed by atoms with Gasteiger partial charge < -0.3 is 10.2 Å². The number of nitrogens with zero attached hydrogens (tertiary/aromatic N) is 2. The molecule has 0 saturated heterocycles. The van der Waals surface area contributed by atoms with Crippen LogP contribution in [0.4, 0.5) is 5.69 Å². The highest BCUT2D eigenvalue weighted by Crippen LogP contribution is 2.18. The summed E-state index contributed by atoms with van der Waals surface area (Å²) in [6, 6.07) is 8.94. The molecule has 0 unspecified atom stereocenters. The van der Waals surface area contributed by atoms with E-state index in [4.69, 9.17) is 5.26 Å². The Balaban J connectivity index is 1.99. The van der Waals surface area contributed by atoms with Crippen molar-refractivity contribution in [2.45, 2.75) is 51.5 Å². The average Bonchev–Trinajstić information content (AvgIpc) is 2.81. The normalized spacial score (nSPS) is 15.3. The second-order valence-electron chi connectivity index (χ2n) is 6.02. The Bertz CT molecular complexity index is 581. The van der Waals surface area contributed by atoms with Crippen LogP contribution in [0.5, 0.6) is 0 Å². The van der Waals surface area contributed by atoms with E-state index in [1.807, 2.05) is 6.07 Å². The van der Waals surface area contributed by atoms with Crippen LogP contribution >= 0.6 is 0 Å². The minimum absolute atomic E-state index is 0.0116. The molecule has 1 aromatic carbocycles. The summed E-state index contributed by atoms with van der Waals surface area (Å²) in [7, 11) is 0. The van der Waals surface area contributed by atoms with Gasteiger partial charge in [-0.1, -0.05) is 25.7 Å². The Morgan fingerprint density at radius 3 is 2.30 bits per heavy atom. The fourth-order valence-electron chi connectivity index (χ4n) is 2.94. The Labute approximate surface area is 137 Å². The molecule has 5 heteroatoms. The summed E-state index contributed by atoms with van der Waals surface area (Å²) < 4.78 is 0. The smallest absolute Gasteiger partial charge is 0.240 e. The molecule has 0 aliphatic heterocycles. The fourth-order valence-corrected chi connectivity index (χ4v) is 2.94. The van der Waals surface area contributed by atoms with Crippen LogP contribution in [-0.2, 0) is 9.59 Å². The van der Waals surface area contributed by atoms with Gasteiger partial charge in [-0.3, -0.25) is 9.59 Å². The third kappa shape index (κ3) is 5.10. The van der Waals surface area contributed by atoms with E-state index in [1.54, 1.807) is 24.3 Å². The van der Waals surface area contributed by atoms with Gasteiger partial charge in [-0.05, 0) is 37.1 Å². The number of nitrogens with one attached hydrogen (secondary N) is 1. The zero-order valence-corrected chi connectivity index (χ0v) is 13.5. The lowest BCUT2D eigenvalue weighted by Crippen LogP contribution is -2.43. The summed E-state index contributed by atoms with van der Waals surface area (Å²) in [5.41, 5.74) is 1.16. The Kier molecular flexibility index (Phi) is 6.16. The molecule has 5 nitrogen and oxygen atoms in total. The van der Waals surface area contributed by atoms with E-state index in [0.29, 0.717) is 11.3 Å². The monoisotopic (exact) mass is 313 g/mol.